The molecule has 0 N–H and O–H groups in total. The van der Waals surface area contributed by atoms with E-state index in [0.717, 1.165) is 37.2 Å². The van der Waals surface area contributed by atoms with E-state index >= 15 is 0 Å². The summed E-state index contributed by atoms with van der Waals surface area (Å²) in [6.45, 7) is 11.0. The second-order valence-electron chi connectivity index (χ2n) is 7.38. The zero-order valence-electron chi connectivity index (χ0n) is 15.6. The first kappa shape index (κ1) is 17.6. The molecule has 0 aromatic heterocycles. The van der Waals surface area contributed by atoms with Gasteiger partial charge in [-0.15, -0.1) is 6.58 Å². The van der Waals surface area contributed by atoms with Gasteiger partial charge in [0, 0.05) is 23.1 Å². The van der Waals surface area contributed by atoms with Gasteiger partial charge in [0.25, 0.3) is 0 Å². The van der Waals surface area contributed by atoms with Crippen LogP contribution in [0.15, 0.2) is 49.1 Å². The molecule has 0 aliphatic carbocycles. The molecule has 2 aromatic rings. The van der Waals surface area contributed by atoms with E-state index in [1.54, 1.807) is 0 Å². The molecule has 0 atom stereocenters. The Labute approximate surface area is 151 Å². The van der Waals surface area contributed by atoms with Crippen LogP contribution in [-0.2, 0) is 25.9 Å². The van der Waals surface area contributed by atoms with E-state index in [4.69, 9.17) is 9.47 Å². The van der Waals surface area contributed by atoms with Gasteiger partial charge in [-0.1, -0.05) is 49.8 Å². The van der Waals surface area contributed by atoms with Crippen molar-refractivity contribution in [3.8, 4) is 11.5 Å². The average molecular weight is 336 g/mol. The lowest BCUT2D eigenvalue weighted by Crippen LogP contribution is -2.24. The van der Waals surface area contributed by atoms with Crippen molar-refractivity contribution in [3.63, 3.8) is 0 Å². The first-order valence-electron chi connectivity index (χ1n) is 9.18. The molecular formula is C23H28O2. The zero-order valence-corrected chi connectivity index (χ0v) is 15.6. The highest BCUT2D eigenvalue weighted by Crippen LogP contribution is 2.44. The second kappa shape index (κ2) is 7.35. The van der Waals surface area contributed by atoms with Crippen molar-refractivity contribution in [2.75, 3.05) is 0 Å². The molecule has 0 spiro atoms. The highest BCUT2D eigenvalue weighted by Gasteiger charge is 2.33. The minimum Gasteiger partial charge on any atom is -0.489 e. The van der Waals surface area contributed by atoms with Crippen LogP contribution in [0.2, 0.25) is 0 Å². The topological polar surface area (TPSA) is 18.5 Å². The van der Waals surface area contributed by atoms with Crippen LogP contribution >= 0.6 is 0 Å². The Morgan fingerprint density at radius 3 is 2.64 bits per heavy atom. The molecule has 0 bridgehead atoms. The monoisotopic (exact) mass is 336 g/mol. The summed E-state index contributed by atoms with van der Waals surface area (Å²) in [5, 5.41) is 0. The third-order valence-electron chi connectivity index (χ3n) is 4.61. The number of hydrogen-bond donors (Lipinski definition) is 0. The van der Waals surface area contributed by atoms with E-state index in [2.05, 4.69) is 45.5 Å². The van der Waals surface area contributed by atoms with Crippen LogP contribution in [0.3, 0.4) is 0 Å². The van der Waals surface area contributed by atoms with E-state index in [1.807, 2.05) is 24.3 Å². The van der Waals surface area contributed by atoms with E-state index in [1.165, 1.54) is 22.3 Å². The fraction of sp³-hybridized carbons (Fsp3) is 0.391. The maximum atomic E-state index is 6.28. The van der Waals surface area contributed by atoms with Gasteiger partial charge in [0.05, 0.1) is 0 Å². The zero-order chi connectivity index (χ0) is 17.9. The number of ether oxygens (including phenoxy) is 2. The molecule has 0 amide bonds. The Bertz CT molecular complexity index is 744. The summed E-state index contributed by atoms with van der Waals surface area (Å²) in [4.78, 5) is 0. The summed E-state index contributed by atoms with van der Waals surface area (Å²) in [5.41, 5.74) is 4.81. The average Bonchev–Trinajstić information content (AvgIpc) is 2.90. The van der Waals surface area contributed by atoms with Crippen molar-refractivity contribution >= 4 is 0 Å². The third kappa shape index (κ3) is 3.89. The fourth-order valence-corrected chi connectivity index (χ4v) is 3.57. The largest absolute Gasteiger partial charge is 0.489 e. The van der Waals surface area contributed by atoms with Crippen molar-refractivity contribution in [1.29, 1.82) is 0 Å². The molecule has 2 heteroatoms. The van der Waals surface area contributed by atoms with Gasteiger partial charge in [-0.2, -0.15) is 0 Å². The van der Waals surface area contributed by atoms with Gasteiger partial charge < -0.3 is 9.47 Å². The molecule has 0 fully saturated rings. The number of rotatable bonds is 7. The smallest absolute Gasteiger partial charge is 0.127 e. The predicted octanol–water partition coefficient (Wildman–Crippen LogP) is 5.66. The van der Waals surface area contributed by atoms with Gasteiger partial charge in [-0.25, -0.2) is 0 Å². The standard InChI is InChI=1S/C23H28O2/c1-5-10-19-20(11-6-2)22-18(15-23(3,4)25-22)14-21(19)24-16-17-12-8-7-9-13-17/h6-9,12-14H,2,5,10-11,15-16H2,1,3-4H3. The Kier molecular flexibility index (Phi) is 5.17. The maximum absolute atomic E-state index is 6.28. The van der Waals surface area contributed by atoms with Crippen molar-refractivity contribution in [2.45, 2.75) is 58.7 Å². The normalized spacial score (nSPS) is 14.7. The van der Waals surface area contributed by atoms with Gasteiger partial charge in [-0.05, 0) is 38.3 Å². The fourth-order valence-electron chi connectivity index (χ4n) is 3.57. The van der Waals surface area contributed by atoms with Crippen LogP contribution in [0, 0.1) is 0 Å². The first-order valence-corrected chi connectivity index (χ1v) is 9.18. The van der Waals surface area contributed by atoms with E-state index in [-0.39, 0.29) is 5.60 Å². The Morgan fingerprint density at radius 1 is 1.20 bits per heavy atom. The molecular weight excluding hydrogens is 308 g/mol. The third-order valence-corrected chi connectivity index (χ3v) is 4.61. The van der Waals surface area contributed by atoms with Gasteiger partial charge in [-0.3, -0.25) is 0 Å². The molecule has 0 unspecified atom stereocenters. The first-order chi connectivity index (χ1) is 12.0. The molecule has 0 saturated carbocycles. The summed E-state index contributed by atoms with van der Waals surface area (Å²) in [6, 6.07) is 12.5. The summed E-state index contributed by atoms with van der Waals surface area (Å²) < 4.78 is 12.5. The molecule has 1 heterocycles. The van der Waals surface area contributed by atoms with Crippen molar-refractivity contribution in [3.05, 3.63) is 71.3 Å². The van der Waals surface area contributed by atoms with Gasteiger partial charge in [0.15, 0.2) is 0 Å². The molecule has 2 nitrogen and oxygen atoms in total. The van der Waals surface area contributed by atoms with Crippen LogP contribution in [0.25, 0.3) is 0 Å². The number of fused-ring (bicyclic) bond motifs is 1. The van der Waals surface area contributed by atoms with Crippen molar-refractivity contribution in [2.24, 2.45) is 0 Å². The van der Waals surface area contributed by atoms with Crippen LogP contribution in [0.4, 0.5) is 0 Å². The van der Waals surface area contributed by atoms with Gasteiger partial charge in [0.1, 0.15) is 23.7 Å². The second-order valence-corrected chi connectivity index (χ2v) is 7.38. The maximum Gasteiger partial charge on any atom is 0.127 e. The number of hydrogen-bond acceptors (Lipinski definition) is 2. The molecule has 2 aromatic carbocycles. The van der Waals surface area contributed by atoms with Crippen LogP contribution in [0.5, 0.6) is 11.5 Å². The predicted molar refractivity (Wildman–Crippen MR) is 104 cm³/mol. The summed E-state index contributed by atoms with van der Waals surface area (Å²) in [7, 11) is 0. The Balaban J connectivity index is 1.99. The molecule has 0 radical (unpaired) electrons. The Hall–Kier alpha value is -2.22. The van der Waals surface area contributed by atoms with E-state index < -0.39 is 0 Å². The van der Waals surface area contributed by atoms with Gasteiger partial charge in [0.2, 0.25) is 0 Å². The minimum absolute atomic E-state index is 0.153. The van der Waals surface area contributed by atoms with Gasteiger partial charge >= 0.3 is 0 Å². The SMILES string of the molecule is C=CCc1c(CCC)c(OCc2ccccc2)cc2c1OC(C)(C)C2. The molecule has 3 rings (SSSR count). The quantitative estimate of drug-likeness (QED) is 0.607. The van der Waals surface area contributed by atoms with Crippen molar-refractivity contribution in [1.82, 2.24) is 0 Å². The lowest BCUT2D eigenvalue weighted by atomic mass is 9.93. The highest BCUT2D eigenvalue weighted by atomic mass is 16.5. The van der Waals surface area contributed by atoms with E-state index in [9.17, 15) is 0 Å². The minimum atomic E-state index is -0.153. The summed E-state index contributed by atoms with van der Waals surface area (Å²) in [5.74, 6) is 2.06. The molecule has 25 heavy (non-hydrogen) atoms. The van der Waals surface area contributed by atoms with E-state index in [0.29, 0.717) is 6.61 Å². The lowest BCUT2D eigenvalue weighted by molar-refractivity contribution is 0.137. The molecule has 1 aliphatic rings. The van der Waals surface area contributed by atoms with Crippen LogP contribution in [-0.4, -0.2) is 5.60 Å². The lowest BCUT2D eigenvalue weighted by Gasteiger charge is -2.20. The Morgan fingerprint density at radius 2 is 1.96 bits per heavy atom. The highest BCUT2D eigenvalue weighted by molar-refractivity contribution is 5.57. The molecule has 0 saturated heterocycles. The number of benzene rings is 2. The van der Waals surface area contributed by atoms with Crippen LogP contribution < -0.4 is 9.47 Å². The molecule has 1 aliphatic heterocycles. The summed E-state index contributed by atoms with van der Waals surface area (Å²) in [6.07, 6.45) is 5.76. The van der Waals surface area contributed by atoms with Crippen LogP contribution in [0.1, 0.15) is 49.4 Å². The summed E-state index contributed by atoms with van der Waals surface area (Å²) >= 11 is 0. The molecule has 132 valence electrons. The van der Waals surface area contributed by atoms with Crippen molar-refractivity contribution < 1.29 is 9.47 Å². The number of allylic oxidation sites excluding steroid dienone is 1.